The summed E-state index contributed by atoms with van der Waals surface area (Å²) < 4.78 is 11.4. The number of rotatable bonds is 4. The predicted molar refractivity (Wildman–Crippen MR) is 101 cm³/mol. The van der Waals surface area contributed by atoms with E-state index in [2.05, 4.69) is 5.32 Å². The molecule has 1 N–H and O–H groups in total. The van der Waals surface area contributed by atoms with Gasteiger partial charge in [0.15, 0.2) is 11.9 Å². The smallest absolute Gasteiger partial charge is 0.413 e. The monoisotopic (exact) mass is 380 g/mol. The van der Waals surface area contributed by atoms with Crippen LogP contribution < -0.4 is 10.1 Å². The van der Waals surface area contributed by atoms with Crippen molar-refractivity contribution in [3.8, 4) is 16.9 Å². The number of benzene rings is 2. The summed E-state index contributed by atoms with van der Waals surface area (Å²) in [6.45, 7) is 3.53. The lowest BCUT2D eigenvalue weighted by Crippen LogP contribution is -2.47. The van der Waals surface area contributed by atoms with E-state index in [9.17, 15) is 14.4 Å². The predicted octanol–water partition coefficient (Wildman–Crippen LogP) is 2.73. The molecule has 0 bridgehead atoms. The molecule has 0 spiro atoms. The molecule has 1 fully saturated rings. The summed E-state index contributed by atoms with van der Waals surface area (Å²) in [4.78, 5) is 36.3. The van der Waals surface area contributed by atoms with E-state index in [1.54, 1.807) is 12.1 Å². The Balaban J connectivity index is 1.57. The minimum Gasteiger partial charge on any atom is -0.466 e. The number of carbonyl (C=O) groups excluding carboxylic acids is 3. The van der Waals surface area contributed by atoms with E-state index in [4.69, 9.17) is 9.47 Å². The topological polar surface area (TPSA) is 84.9 Å². The Kier molecular flexibility index (Phi) is 4.50. The third-order valence-corrected chi connectivity index (χ3v) is 4.94. The number of carbonyl (C=O) groups is 3. The molecule has 0 aliphatic carbocycles. The van der Waals surface area contributed by atoms with Crippen molar-refractivity contribution in [2.24, 2.45) is 0 Å². The molecule has 2 aromatic carbocycles. The number of cyclic esters (lactones) is 1. The fourth-order valence-corrected chi connectivity index (χ4v) is 3.45. The van der Waals surface area contributed by atoms with E-state index in [0.717, 1.165) is 16.7 Å². The van der Waals surface area contributed by atoms with Crippen LogP contribution in [-0.2, 0) is 16.1 Å². The molecule has 7 nitrogen and oxygen atoms in total. The number of nitrogens with zero attached hydrogens (tertiary/aromatic N) is 1. The highest BCUT2D eigenvalue weighted by molar-refractivity contribution is 5.94. The van der Waals surface area contributed by atoms with Crippen LogP contribution in [0.25, 0.3) is 11.1 Å². The van der Waals surface area contributed by atoms with Crippen molar-refractivity contribution in [3.05, 3.63) is 53.6 Å². The standard InChI is InChI=1S/C21H20N2O5/c1-12(24)14-3-5-15(6-4-14)16-7-8-18-17(9-16)11-23-20(27-18)19(28-21(23)26)10-22-13(2)25/h3-9,19-20H,10-11H2,1-2H3,(H,22,25)/t19-,20-/m0/s1. The van der Waals surface area contributed by atoms with Gasteiger partial charge >= 0.3 is 6.09 Å². The van der Waals surface area contributed by atoms with Crippen LogP contribution in [0.2, 0.25) is 0 Å². The fourth-order valence-electron chi connectivity index (χ4n) is 3.45. The van der Waals surface area contributed by atoms with Gasteiger partial charge in [-0.3, -0.25) is 14.5 Å². The van der Waals surface area contributed by atoms with Crippen LogP contribution in [0.15, 0.2) is 42.5 Å². The molecule has 0 saturated carbocycles. The molecule has 144 valence electrons. The quantitative estimate of drug-likeness (QED) is 0.825. The van der Waals surface area contributed by atoms with Crippen molar-refractivity contribution in [3.63, 3.8) is 0 Å². The van der Waals surface area contributed by atoms with Crippen LogP contribution in [0.3, 0.4) is 0 Å². The Bertz CT molecular complexity index is 954. The summed E-state index contributed by atoms with van der Waals surface area (Å²) in [5.41, 5.74) is 3.49. The Labute approximate surface area is 162 Å². The lowest BCUT2D eigenvalue weighted by molar-refractivity contribution is -0.119. The third-order valence-electron chi connectivity index (χ3n) is 4.94. The summed E-state index contributed by atoms with van der Waals surface area (Å²) in [7, 11) is 0. The van der Waals surface area contributed by atoms with E-state index < -0.39 is 18.4 Å². The molecule has 2 aliphatic heterocycles. The number of ketones is 1. The molecule has 0 radical (unpaired) electrons. The van der Waals surface area contributed by atoms with Gasteiger partial charge in [-0.05, 0) is 30.2 Å². The van der Waals surface area contributed by atoms with Crippen molar-refractivity contribution < 1.29 is 23.9 Å². The van der Waals surface area contributed by atoms with Gasteiger partial charge < -0.3 is 14.8 Å². The second-order valence-corrected chi connectivity index (χ2v) is 6.95. The SMILES string of the molecule is CC(=O)NC[C@@H]1OC(=O)N2Cc3cc(-c4ccc(C(C)=O)cc4)ccc3O[C@@H]12. The van der Waals surface area contributed by atoms with Crippen molar-refractivity contribution in [1.29, 1.82) is 0 Å². The first kappa shape index (κ1) is 18.0. The van der Waals surface area contributed by atoms with Gasteiger partial charge in [0.1, 0.15) is 5.75 Å². The van der Waals surface area contributed by atoms with Crippen molar-refractivity contribution in [1.82, 2.24) is 10.2 Å². The molecular formula is C21H20N2O5. The van der Waals surface area contributed by atoms with Gasteiger partial charge in [-0.1, -0.05) is 30.3 Å². The maximum Gasteiger partial charge on any atom is 0.413 e. The fraction of sp³-hybridized carbons (Fsp3) is 0.286. The largest absolute Gasteiger partial charge is 0.466 e. The number of amides is 2. The van der Waals surface area contributed by atoms with Crippen LogP contribution in [0.5, 0.6) is 5.75 Å². The highest BCUT2D eigenvalue weighted by Crippen LogP contribution is 2.36. The number of hydrogen-bond acceptors (Lipinski definition) is 5. The average Bonchev–Trinajstić information content (AvgIpc) is 2.99. The van der Waals surface area contributed by atoms with Crippen molar-refractivity contribution in [2.75, 3.05) is 6.54 Å². The normalized spacial score (nSPS) is 19.9. The maximum atomic E-state index is 12.2. The molecule has 2 aromatic rings. The summed E-state index contributed by atoms with van der Waals surface area (Å²) in [5.74, 6) is 0.528. The maximum absolute atomic E-state index is 12.2. The highest BCUT2D eigenvalue weighted by Gasteiger charge is 2.46. The summed E-state index contributed by atoms with van der Waals surface area (Å²) in [5, 5.41) is 2.66. The summed E-state index contributed by atoms with van der Waals surface area (Å²) in [6.07, 6.45) is -1.57. The van der Waals surface area contributed by atoms with E-state index in [1.165, 1.54) is 18.7 Å². The Hall–Kier alpha value is -3.35. The van der Waals surface area contributed by atoms with E-state index in [0.29, 0.717) is 17.9 Å². The Morgan fingerprint density at radius 2 is 1.79 bits per heavy atom. The molecule has 1 saturated heterocycles. The zero-order chi connectivity index (χ0) is 19.8. The molecule has 7 heteroatoms. The first-order chi connectivity index (χ1) is 13.4. The molecule has 2 atom stereocenters. The van der Waals surface area contributed by atoms with Crippen molar-refractivity contribution in [2.45, 2.75) is 32.7 Å². The number of fused-ring (bicyclic) bond motifs is 2. The molecule has 28 heavy (non-hydrogen) atoms. The highest BCUT2D eigenvalue weighted by atomic mass is 16.6. The second kappa shape index (κ2) is 6.99. The number of ether oxygens (including phenoxy) is 2. The van der Waals surface area contributed by atoms with Crippen LogP contribution in [0.1, 0.15) is 29.8 Å². The van der Waals surface area contributed by atoms with Gasteiger partial charge in [-0.2, -0.15) is 0 Å². The first-order valence-electron chi connectivity index (χ1n) is 9.05. The van der Waals surface area contributed by atoms with Gasteiger partial charge in [0.2, 0.25) is 12.1 Å². The zero-order valence-corrected chi connectivity index (χ0v) is 15.6. The lowest BCUT2D eigenvalue weighted by atomic mass is 9.99. The zero-order valence-electron chi connectivity index (χ0n) is 15.6. The summed E-state index contributed by atoms with van der Waals surface area (Å²) >= 11 is 0. The van der Waals surface area contributed by atoms with Gasteiger partial charge in [-0.15, -0.1) is 0 Å². The minimum atomic E-state index is -0.562. The molecule has 0 unspecified atom stereocenters. The van der Waals surface area contributed by atoms with Crippen LogP contribution in [0.4, 0.5) is 4.79 Å². The van der Waals surface area contributed by atoms with E-state index in [1.807, 2.05) is 30.3 Å². The minimum absolute atomic E-state index is 0.0257. The number of Topliss-reactive ketones (excluding diaryl/α,β-unsaturated/α-hetero) is 1. The van der Waals surface area contributed by atoms with Crippen LogP contribution >= 0.6 is 0 Å². The molecule has 0 aromatic heterocycles. The van der Waals surface area contributed by atoms with E-state index in [-0.39, 0.29) is 18.2 Å². The number of hydrogen-bond donors (Lipinski definition) is 1. The van der Waals surface area contributed by atoms with Gasteiger partial charge in [0.25, 0.3) is 0 Å². The van der Waals surface area contributed by atoms with Crippen LogP contribution in [-0.4, -0.2) is 41.6 Å². The Morgan fingerprint density at radius 3 is 2.46 bits per heavy atom. The molecule has 2 aliphatic rings. The molecule has 2 heterocycles. The third kappa shape index (κ3) is 3.31. The second-order valence-electron chi connectivity index (χ2n) is 6.95. The number of nitrogens with one attached hydrogen (secondary N) is 1. The average molecular weight is 380 g/mol. The van der Waals surface area contributed by atoms with E-state index >= 15 is 0 Å². The summed E-state index contributed by atoms with van der Waals surface area (Å²) in [6, 6.07) is 13.2. The first-order valence-corrected chi connectivity index (χ1v) is 9.05. The molecular weight excluding hydrogens is 360 g/mol. The van der Waals surface area contributed by atoms with Crippen LogP contribution in [0, 0.1) is 0 Å². The molecule has 2 amide bonds. The lowest BCUT2D eigenvalue weighted by Gasteiger charge is -2.31. The Morgan fingerprint density at radius 1 is 1.07 bits per heavy atom. The molecule has 4 rings (SSSR count). The van der Waals surface area contributed by atoms with Gasteiger partial charge in [-0.25, -0.2) is 4.79 Å². The van der Waals surface area contributed by atoms with Gasteiger partial charge in [0, 0.05) is 18.1 Å². The van der Waals surface area contributed by atoms with Crippen molar-refractivity contribution >= 4 is 17.8 Å². The van der Waals surface area contributed by atoms with Gasteiger partial charge in [0.05, 0.1) is 13.1 Å².